The first-order valence-electron chi connectivity index (χ1n) is 12.7. The summed E-state index contributed by atoms with van der Waals surface area (Å²) in [4.78, 5) is 53.6. The van der Waals surface area contributed by atoms with E-state index in [2.05, 4.69) is 30.6 Å². The number of aromatic nitrogens is 4. The van der Waals surface area contributed by atoms with Gasteiger partial charge in [-0.1, -0.05) is 12.1 Å². The Morgan fingerprint density at radius 2 is 1.87 bits per heavy atom. The lowest BCUT2D eigenvalue weighted by Gasteiger charge is -2.31. The van der Waals surface area contributed by atoms with Crippen LogP contribution in [0, 0.1) is 6.92 Å². The Hall–Kier alpha value is -4.87. The summed E-state index contributed by atoms with van der Waals surface area (Å²) in [6.45, 7) is 5.15. The highest BCUT2D eigenvalue weighted by Gasteiger charge is 2.25. The molecule has 2 aromatic carbocycles. The van der Waals surface area contributed by atoms with E-state index in [0.29, 0.717) is 49.5 Å². The Bertz CT molecular complexity index is 1470. The van der Waals surface area contributed by atoms with Crippen LogP contribution in [-0.4, -0.2) is 68.5 Å². The van der Waals surface area contributed by atoms with E-state index in [1.54, 1.807) is 24.0 Å². The Morgan fingerprint density at radius 1 is 1.08 bits per heavy atom. The number of carbonyl (C=O) groups excluding carboxylic acids is 3. The summed E-state index contributed by atoms with van der Waals surface area (Å²) in [5.41, 5.74) is 2.81. The summed E-state index contributed by atoms with van der Waals surface area (Å²) in [5, 5.41) is 5.48. The van der Waals surface area contributed by atoms with Gasteiger partial charge in [-0.15, -0.1) is 0 Å². The normalized spacial score (nSPS) is 13.7. The van der Waals surface area contributed by atoms with Crippen molar-refractivity contribution in [3.63, 3.8) is 0 Å². The third-order valence-electron chi connectivity index (χ3n) is 6.42. The molecule has 39 heavy (non-hydrogen) atoms. The van der Waals surface area contributed by atoms with Gasteiger partial charge in [-0.05, 0) is 49.7 Å². The van der Waals surface area contributed by atoms with Crippen LogP contribution in [-0.2, 0) is 4.74 Å². The molecule has 1 aliphatic rings. The number of anilines is 2. The van der Waals surface area contributed by atoms with Crippen molar-refractivity contribution >= 4 is 40.6 Å². The molecule has 1 fully saturated rings. The number of nitrogens with one attached hydrogen (secondary N) is 4. The number of fused-ring (bicyclic) bond motifs is 1. The van der Waals surface area contributed by atoms with Crippen LogP contribution >= 0.6 is 0 Å². The number of rotatable bonds is 7. The molecule has 202 valence electrons. The minimum absolute atomic E-state index is 0.0136. The number of benzene rings is 2. The third kappa shape index (κ3) is 5.84. The average Bonchev–Trinajstić information content (AvgIpc) is 3.58. The van der Waals surface area contributed by atoms with Gasteiger partial charge in [0.05, 0.1) is 24.0 Å². The van der Waals surface area contributed by atoms with Crippen molar-refractivity contribution in [2.75, 3.05) is 30.3 Å². The minimum atomic E-state index is -0.550. The van der Waals surface area contributed by atoms with Gasteiger partial charge in [-0.2, -0.15) is 0 Å². The molecule has 0 radical (unpaired) electrons. The quantitative estimate of drug-likeness (QED) is 0.280. The second kappa shape index (κ2) is 11.3. The molecule has 4 N–H and O–H groups in total. The first-order chi connectivity index (χ1) is 18.9. The molecule has 0 bridgehead atoms. The van der Waals surface area contributed by atoms with Gasteiger partial charge in [-0.25, -0.2) is 14.8 Å². The zero-order valence-corrected chi connectivity index (χ0v) is 21.6. The first-order valence-corrected chi connectivity index (χ1v) is 12.7. The van der Waals surface area contributed by atoms with Crippen LogP contribution in [0.15, 0.2) is 48.8 Å². The van der Waals surface area contributed by atoms with Gasteiger partial charge >= 0.3 is 6.09 Å². The molecule has 0 atom stereocenters. The van der Waals surface area contributed by atoms with Crippen molar-refractivity contribution in [3.8, 4) is 5.75 Å². The number of H-pyrrole nitrogens is 2. The predicted octanol–water partition coefficient (Wildman–Crippen LogP) is 4.10. The maximum Gasteiger partial charge on any atom is 0.409 e. The predicted molar refractivity (Wildman–Crippen MR) is 144 cm³/mol. The molecule has 12 nitrogen and oxygen atoms in total. The molecule has 2 aromatic heterocycles. The van der Waals surface area contributed by atoms with Gasteiger partial charge in [-0.3, -0.25) is 14.9 Å². The molecule has 12 heteroatoms. The lowest BCUT2D eigenvalue weighted by Crippen LogP contribution is -2.42. The number of likely N-dealkylation sites (tertiary alicyclic amines) is 1. The van der Waals surface area contributed by atoms with Crippen molar-refractivity contribution in [1.82, 2.24) is 24.8 Å². The van der Waals surface area contributed by atoms with Crippen LogP contribution in [0.2, 0.25) is 0 Å². The molecular weight excluding hydrogens is 502 g/mol. The number of aromatic amines is 2. The zero-order chi connectivity index (χ0) is 27.4. The third-order valence-corrected chi connectivity index (χ3v) is 6.42. The van der Waals surface area contributed by atoms with Crippen molar-refractivity contribution in [2.45, 2.75) is 32.8 Å². The highest BCUT2D eigenvalue weighted by molar-refractivity contribution is 6.13. The monoisotopic (exact) mass is 531 g/mol. The maximum atomic E-state index is 13.0. The first kappa shape index (κ1) is 25.8. The summed E-state index contributed by atoms with van der Waals surface area (Å²) in [6.07, 6.45) is 2.38. The smallest absolute Gasteiger partial charge is 0.409 e. The number of hydrogen-bond donors (Lipinski definition) is 4. The van der Waals surface area contributed by atoms with Crippen molar-refractivity contribution in [3.05, 3.63) is 65.7 Å². The van der Waals surface area contributed by atoms with E-state index in [4.69, 9.17) is 9.47 Å². The Balaban J connectivity index is 1.19. The van der Waals surface area contributed by atoms with E-state index in [0.717, 1.165) is 11.1 Å². The van der Waals surface area contributed by atoms with Crippen molar-refractivity contribution in [1.29, 1.82) is 0 Å². The SMILES string of the molecule is CCOC(=O)N1CCC(Oc2ccc(NC(=O)c3nc[nH]c3C(=O)Nc3nc4ccccc4[nH]3)c(C)c2)CC1. The van der Waals surface area contributed by atoms with Gasteiger partial charge in [0.1, 0.15) is 17.5 Å². The number of piperidine rings is 1. The van der Waals surface area contributed by atoms with E-state index in [1.165, 1.54) is 6.33 Å². The molecule has 0 unspecified atom stereocenters. The van der Waals surface area contributed by atoms with Crippen LogP contribution in [0.25, 0.3) is 11.0 Å². The van der Waals surface area contributed by atoms with Crippen LogP contribution in [0.4, 0.5) is 16.4 Å². The van der Waals surface area contributed by atoms with Gasteiger partial charge in [0.25, 0.3) is 11.8 Å². The molecule has 5 rings (SSSR count). The summed E-state index contributed by atoms with van der Waals surface area (Å²) < 4.78 is 11.2. The van der Waals surface area contributed by atoms with Crippen LogP contribution < -0.4 is 15.4 Å². The Kier molecular flexibility index (Phi) is 7.43. The standard InChI is InChI=1S/C27H29N7O5/c1-3-38-27(37)34-12-10-17(11-13-34)39-18-8-9-19(16(2)14-18)30-24(35)22-23(29-15-28-22)25(36)33-26-31-20-6-4-5-7-21(20)32-26/h4-9,14-15,17H,3,10-13H2,1-2H3,(H,28,29)(H,30,35)(H2,31,32,33,36). The van der Waals surface area contributed by atoms with Crippen molar-refractivity contribution < 1.29 is 23.9 Å². The Morgan fingerprint density at radius 3 is 2.62 bits per heavy atom. The number of amides is 3. The van der Waals surface area contributed by atoms with Gasteiger partial charge in [0.15, 0.2) is 5.69 Å². The molecule has 3 heterocycles. The van der Waals surface area contributed by atoms with Crippen LogP contribution in [0.3, 0.4) is 0 Å². The van der Waals surface area contributed by atoms with Crippen molar-refractivity contribution in [2.24, 2.45) is 0 Å². The summed E-state index contributed by atoms with van der Waals surface area (Å²) in [6, 6.07) is 12.7. The fraction of sp³-hybridized carbons (Fsp3) is 0.296. The fourth-order valence-corrected chi connectivity index (χ4v) is 4.42. The number of ether oxygens (including phenoxy) is 2. The minimum Gasteiger partial charge on any atom is -0.490 e. The fourth-order valence-electron chi connectivity index (χ4n) is 4.42. The average molecular weight is 532 g/mol. The molecular formula is C27H29N7O5. The zero-order valence-electron chi connectivity index (χ0n) is 21.6. The number of para-hydroxylation sites is 2. The summed E-state index contributed by atoms with van der Waals surface area (Å²) >= 11 is 0. The lowest BCUT2D eigenvalue weighted by atomic mass is 10.1. The Labute approximate surface area is 224 Å². The van der Waals surface area contributed by atoms with E-state index >= 15 is 0 Å². The highest BCUT2D eigenvalue weighted by Crippen LogP contribution is 2.25. The maximum absolute atomic E-state index is 13.0. The number of aryl methyl sites for hydroxylation is 1. The number of carbonyl (C=O) groups is 3. The largest absolute Gasteiger partial charge is 0.490 e. The molecule has 4 aromatic rings. The van der Waals surface area contributed by atoms with E-state index in [-0.39, 0.29) is 29.5 Å². The summed E-state index contributed by atoms with van der Waals surface area (Å²) in [5.74, 6) is -0.147. The van der Waals surface area contributed by atoms with E-state index < -0.39 is 11.8 Å². The lowest BCUT2D eigenvalue weighted by molar-refractivity contribution is 0.0703. The summed E-state index contributed by atoms with van der Waals surface area (Å²) in [7, 11) is 0. The number of imidazole rings is 2. The second-order valence-electron chi connectivity index (χ2n) is 9.12. The second-order valence-corrected chi connectivity index (χ2v) is 9.12. The van der Waals surface area contributed by atoms with Crippen LogP contribution in [0.5, 0.6) is 5.75 Å². The molecule has 3 amide bonds. The highest BCUT2D eigenvalue weighted by atomic mass is 16.6. The molecule has 0 aliphatic carbocycles. The van der Waals surface area contributed by atoms with Gasteiger partial charge in [0.2, 0.25) is 5.95 Å². The van der Waals surface area contributed by atoms with Gasteiger partial charge in [0, 0.05) is 31.6 Å². The number of hydrogen-bond acceptors (Lipinski definition) is 7. The molecule has 0 spiro atoms. The molecule has 1 aliphatic heterocycles. The van der Waals surface area contributed by atoms with Gasteiger partial charge < -0.3 is 29.7 Å². The topological polar surface area (TPSA) is 154 Å². The van der Waals surface area contributed by atoms with E-state index in [9.17, 15) is 14.4 Å². The molecule has 1 saturated heterocycles. The molecule has 0 saturated carbocycles. The van der Waals surface area contributed by atoms with E-state index in [1.807, 2.05) is 37.3 Å². The van der Waals surface area contributed by atoms with Crippen LogP contribution in [0.1, 0.15) is 46.3 Å². The number of nitrogens with zero attached hydrogens (tertiary/aromatic N) is 3.